The summed E-state index contributed by atoms with van der Waals surface area (Å²) in [6.45, 7) is 11.4. The number of aromatic amines is 2. The van der Waals surface area contributed by atoms with Gasteiger partial charge in [-0.2, -0.15) is 0 Å². The van der Waals surface area contributed by atoms with Crippen molar-refractivity contribution in [2.45, 2.75) is 46.5 Å². The van der Waals surface area contributed by atoms with Crippen LogP contribution < -0.4 is 0 Å². The normalized spacial score (nSPS) is 15.4. The lowest BCUT2D eigenvalue weighted by Crippen LogP contribution is -2.53. The summed E-state index contributed by atoms with van der Waals surface area (Å²) in [7, 11) is 0. The summed E-state index contributed by atoms with van der Waals surface area (Å²) in [5, 5.41) is 35.1. The molecule has 0 saturated carbocycles. The van der Waals surface area contributed by atoms with Crippen LogP contribution in [0.4, 0.5) is 0 Å². The van der Waals surface area contributed by atoms with Gasteiger partial charge in [-0.05, 0) is 46.6 Å². The second-order valence-corrected chi connectivity index (χ2v) is 10.9. The molecular weight excluding hydrogens is 424 g/mol. The summed E-state index contributed by atoms with van der Waals surface area (Å²) < 4.78 is 0. The largest absolute Gasteiger partial charge is 0.508 e. The van der Waals surface area contributed by atoms with E-state index in [1.165, 1.54) is 11.1 Å². The van der Waals surface area contributed by atoms with Crippen LogP contribution in [0.25, 0.3) is 22.1 Å². The summed E-state index contributed by atoms with van der Waals surface area (Å²) >= 11 is 0. The number of nitrogens with one attached hydrogen (secondary N) is 2. The van der Waals surface area contributed by atoms with Crippen LogP contribution in [0.3, 0.4) is 0 Å². The van der Waals surface area contributed by atoms with Crippen molar-refractivity contribution in [1.82, 2.24) is 30.8 Å². The lowest BCUT2D eigenvalue weighted by molar-refractivity contribution is 0.0671. The summed E-state index contributed by atoms with van der Waals surface area (Å²) in [4.78, 5) is 0. The van der Waals surface area contributed by atoms with Gasteiger partial charge in [-0.1, -0.05) is 75.4 Å². The van der Waals surface area contributed by atoms with Crippen LogP contribution in [-0.4, -0.2) is 35.9 Å². The second-order valence-electron chi connectivity index (χ2n) is 10.9. The highest BCUT2D eigenvalue weighted by atomic mass is 16.3. The van der Waals surface area contributed by atoms with Gasteiger partial charge < -0.3 is 5.11 Å². The van der Waals surface area contributed by atoms with Crippen molar-refractivity contribution >= 4 is 22.1 Å². The Hall–Kier alpha value is -3.74. The topological polar surface area (TPSA) is 103 Å². The number of hydrogen-bond acceptors (Lipinski definition) is 5. The Kier molecular flexibility index (Phi) is 4.08. The smallest absolute Gasteiger partial charge is 0.120 e. The average Bonchev–Trinajstić information content (AvgIpc) is 3.46. The number of para-hydroxylation sites is 1. The van der Waals surface area contributed by atoms with Crippen molar-refractivity contribution < 1.29 is 5.11 Å². The zero-order chi connectivity index (χ0) is 23.9. The molecule has 0 bridgehead atoms. The Bertz CT molecular complexity index is 1490. The molecule has 7 nitrogen and oxygen atoms in total. The third kappa shape index (κ3) is 2.41. The Morgan fingerprint density at radius 1 is 0.765 bits per heavy atom. The number of rotatable bonds is 2. The number of hydrogen-bond donors (Lipinski definition) is 3. The zero-order valence-corrected chi connectivity index (χ0v) is 20.1. The van der Waals surface area contributed by atoms with E-state index in [2.05, 4.69) is 77.6 Å². The van der Waals surface area contributed by atoms with Crippen LogP contribution in [0.15, 0.2) is 48.5 Å². The molecule has 34 heavy (non-hydrogen) atoms. The Balaban J connectivity index is 1.94. The lowest BCUT2D eigenvalue weighted by atomic mass is 9.45. The molecule has 2 heterocycles. The summed E-state index contributed by atoms with van der Waals surface area (Å²) in [5.74, 6) is 0.250. The number of aromatic nitrogens is 6. The number of phenols is 1. The highest BCUT2D eigenvalue weighted by Crippen LogP contribution is 2.64. The predicted molar refractivity (Wildman–Crippen MR) is 132 cm³/mol. The molecule has 3 N–H and O–H groups in total. The van der Waals surface area contributed by atoms with Gasteiger partial charge in [-0.3, -0.25) is 10.2 Å². The Morgan fingerprint density at radius 2 is 1.29 bits per heavy atom. The number of aromatic hydroxyl groups is 1. The van der Waals surface area contributed by atoms with Gasteiger partial charge in [0.1, 0.15) is 16.8 Å². The van der Waals surface area contributed by atoms with Gasteiger partial charge in [0.05, 0.1) is 16.4 Å². The first-order valence-corrected chi connectivity index (χ1v) is 11.6. The average molecular weight is 453 g/mol. The van der Waals surface area contributed by atoms with Crippen molar-refractivity contribution in [2.75, 3.05) is 0 Å². The molecule has 0 atom stereocenters. The number of H-pyrrole nitrogens is 2. The first-order chi connectivity index (χ1) is 16.2. The van der Waals surface area contributed by atoms with Gasteiger partial charge in [0, 0.05) is 16.7 Å². The quantitative estimate of drug-likeness (QED) is 0.340. The molecule has 7 heteroatoms. The molecule has 0 saturated heterocycles. The third-order valence-corrected chi connectivity index (χ3v) is 8.42. The highest BCUT2D eigenvalue weighted by molar-refractivity contribution is 5.90. The van der Waals surface area contributed by atoms with Crippen LogP contribution in [-0.2, 0) is 11.8 Å². The molecule has 5 aromatic rings. The third-order valence-electron chi connectivity index (χ3n) is 8.42. The summed E-state index contributed by atoms with van der Waals surface area (Å²) in [6, 6.07) is 16.1. The first kappa shape index (κ1) is 20.8. The monoisotopic (exact) mass is 452 g/mol. The minimum Gasteiger partial charge on any atom is -0.508 e. The maximum Gasteiger partial charge on any atom is 0.120 e. The highest BCUT2D eigenvalue weighted by Gasteiger charge is 2.59. The number of phenolic OH excluding ortho intramolecular Hbond substituents is 1. The standard InChI is InChI=1S/C27H28N6O/c1-25(2,3)26(4,5)27(17-8-6-7-9-20(17)34)21-15(10-12-18-23(21)30-32-28-18)14-16-11-13-19-24(22(16)27)31-33-29-19/h6-13,34H,14H2,1-5H3,(H,28,30,32)(H,29,31,33). The van der Waals surface area contributed by atoms with Gasteiger partial charge in [0.2, 0.25) is 0 Å². The van der Waals surface area contributed by atoms with Crippen LogP contribution in [0.1, 0.15) is 62.4 Å². The lowest BCUT2D eigenvalue weighted by Gasteiger charge is -2.57. The number of benzene rings is 3. The molecule has 1 aliphatic rings. The van der Waals surface area contributed by atoms with Crippen LogP contribution in [0, 0.1) is 10.8 Å². The second kappa shape index (κ2) is 6.65. The molecule has 0 radical (unpaired) electrons. The molecule has 6 rings (SSSR count). The molecule has 0 unspecified atom stereocenters. The fraction of sp³-hybridized carbons (Fsp3) is 0.333. The SMILES string of the molecule is CC(C)(C)C(C)(C)C1(c2ccccc2O)c2c(ccc3[nH]nnc23)Cc2ccc3[nH]nnc3c21. The molecule has 0 aliphatic heterocycles. The first-order valence-electron chi connectivity index (χ1n) is 11.6. The van der Waals surface area contributed by atoms with E-state index in [-0.39, 0.29) is 11.2 Å². The van der Waals surface area contributed by atoms with E-state index in [4.69, 9.17) is 0 Å². The molecule has 0 spiro atoms. The Labute approximate surface area is 197 Å². The molecule has 0 fully saturated rings. The molecule has 172 valence electrons. The van der Waals surface area contributed by atoms with E-state index >= 15 is 0 Å². The maximum absolute atomic E-state index is 11.5. The van der Waals surface area contributed by atoms with E-state index in [9.17, 15) is 5.11 Å². The van der Waals surface area contributed by atoms with Gasteiger partial charge in [0.25, 0.3) is 0 Å². The Morgan fingerprint density at radius 3 is 1.79 bits per heavy atom. The maximum atomic E-state index is 11.5. The molecule has 3 aromatic carbocycles. The van der Waals surface area contributed by atoms with E-state index in [1.54, 1.807) is 6.07 Å². The molecule has 1 aliphatic carbocycles. The number of nitrogens with zero attached hydrogens (tertiary/aromatic N) is 4. The summed E-state index contributed by atoms with van der Waals surface area (Å²) in [6.07, 6.45) is 0.742. The fourth-order valence-corrected chi connectivity index (χ4v) is 5.96. The molecular formula is C27H28N6O. The zero-order valence-electron chi connectivity index (χ0n) is 20.1. The summed E-state index contributed by atoms with van der Waals surface area (Å²) in [5.41, 5.74) is 7.35. The van der Waals surface area contributed by atoms with Crippen molar-refractivity contribution in [2.24, 2.45) is 10.8 Å². The van der Waals surface area contributed by atoms with E-state index < -0.39 is 10.8 Å². The molecule has 2 aromatic heterocycles. The van der Waals surface area contributed by atoms with E-state index in [0.29, 0.717) is 0 Å². The molecule has 0 amide bonds. The van der Waals surface area contributed by atoms with Gasteiger partial charge >= 0.3 is 0 Å². The van der Waals surface area contributed by atoms with Gasteiger partial charge in [-0.25, -0.2) is 0 Å². The van der Waals surface area contributed by atoms with Crippen molar-refractivity contribution in [3.05, 3.63) is 76.3 Å². The van der Waals surface area contributed by atoms with Crippen LogP contribution in [0.2, 0.25) is 0 Å². The van der Waals surface area contributed by atoms with Gasteiger partial charge in [0.15, 0.2) is 0 Å². The van der Waals surface area contributed by atoms with Gasteiger partial charge in [-0.15, -0.1) is 10.2 Å². The van der Waals surface area contributed by atoms with Crippen molar-refractivity contribution in [3.8, 4) is 5.75 Å². The van der Waals surface area contributed by atoms with Crippen LogP contribution >= 0.6 is 0 Å². The number of fused-ring (bicyclic) bond motifs is 6. The van der Waals surface area contributed by atoms with Crippen LogP contribution in [0.5, 0.6) is 5.75 Å². The van der Waals surface area contributed by atoms with Crippen molar-refractivity contribution in [1.29, 1.82) is 0 Å². The predicted octanol–water partition coefficient (Wildman–Crippen LogP) is 5.25. The minimum absolute atomic E-state index is 0.182. The fourth-order valence-electron chi connectivity index (χ4n) is 5.96. The van der Waals surface area contributed by atoms with E-state index in [0.717, 1.165) is 45.2 Å². The van der Waals surface area contributed by atoms with E-state index in [1.807, 2.05) is 30.3 Å². The minimum atomic E-state index is -0.785. The van der Waals surface area contributed by atoms with Crippen molar-refractivity contribution in [3.63, 3.8) is 0 Å².